The number of anilines is 2. The average Bonchev–Trinajstić information content (AvgIpc) is 3.35. The molecule has 1 aliphatic rings. The van der Waals surface area contributed by atoms with Crippen molar-refractivity contribution in [1.82, 2.24) is 9.78 Å². The number of carbonyl (C=O) groups is 1. The van der Waals surface area contributed by atoms with Crippen molar-refractivity contribution in [2.24, 2.45) is 5.92 Å². The molecule has 5 nitrogen and oxygen atoms in total. The first kappa shape index (κ1) is 16.4. The van der Waals surface area contributed by atoms with Crippen molar-refractivity contribution in [1.29, 1.82) is 0 Å². The maximum Gasteiger partial charge on any atom is 0.324 e. The van der Waals surface area contributed by atoms with Crippen molar-refractivity contribution in [2.75, 3.05) is 10.6 Å². The second-order valence-electron chi connectivity index (χ2n) is 6.86. The quantitative estimate of drug-likeness (QED) is 0.698. The smallest absolute Gasteiger partial charge is 0.308 e. The third-order valence-electron chi connectivity index (χ3n) is 4.47. The zero-order valence-corrected chi connectivity index (χ0v) is 14.8. The van der Waals surface area contributed by atoms with E-state index in [9.17, 15) is 4.79 Å². The van der Waals surface area contributed by atoms with Gasteiger partial charge in [0.15, 0.2) is 0 Å². The highest BCUT2D eigenvalue weighted by molar-refractivity contribution is 5.99. The fourth-order valence-electron chi connectivity index (χ4n) is 3.00. The Hall–Kier alpha value is -3.08. The Morgan fingerprint density at radius 1 is 1.08 bits per heavy atom. The van der Waals surface area contributed by atoms with Crippen LogP contribution in [-0.4, -0.2) is 15.8 Å². The molecule has 1 fully saturated rings. The summed E-state index contributed by atoms with van der Waals surface area (Å²) in [6, 6.07) is 19.3. The molecule has 1 heterocycles. The van der Waals surface area contributed by atoms with Gasteiger partial charge in [0.2, 0.25) is 0 Å². The summed E-state index contributed by atoms with van der Waals surface area (Å²) >= 11 is 0. The molecule has 132 valence electrons. The second kappa shape index (κ2) is 7.04. The highest BCUT2D eigenvalue weighted by atomic mass is 16.2. The molecule has 2 aromatic carbocycles. The van der Waals surface area contributed by atoms with Crippen LogP contribution in [0.3, 0.4) is 0 Å². The average molecular weight is 346 g/mol. The van der Waals surface area contributed by atoms with Gasteiger partial charge in [0.05, 0.1) is 11.4 Å². The standard InChI is InChI=1S/C21H22N4O/c1-15-6-5-7-17(12-15)22-21(26)23-20-14-18(13-16-10-11-16)24-25(20)19-8-3-2-4-9-19/h2-9,12,14,16H,10-11,13H2,1H3,(H2,22,23,26). The summed E-state index contributed by atoms with van der Waals surface area (Å²) in [5, 5.41) is 10.5. The first-order valence-corrected chi connectivity index (χ1v) is 8.96. The molecule has 1 saturated carbocycles. The predicted molar refractivity (Wildman–Crippen MR) is 104 cm³/mol. The predicted octanol–water partition coefficient (Wildman–Crippen LogP) is 4.78. The molecule has 0 atom stereocenters. The SMILES string of the molecule is Cc1cccc(NC(=O)Nc2cc(CC3CC3)nn2-c2ccccc2)c1. The third kappa shape index (κ3) is 3.94. The number of amides is 2. The summed E-state index contributed by atoms with van der Waals surface area (Å²) < 4.78 is 1.80. The number of carbonyl (C=O) groups excluding carboxylic acids is 1. The van der Waals surface area contributed by atoms with Crippen molar-refractivity contribution in [3.63, 3.8) is 0 Å². The molecule has 0 bridgehead atoms. The molecule has 3 aromatic rings. The van der Waals surface area contributed by atoms with E-state index in [0.717, 1.165) is 35.0 Å². The number of urea groups is 1. The molecule has 2 N–H and O–H groups in total. The highest BCUT2D eigenvalue weighted by Gasteiger charge is 2.24. The highest BCUT2D eigenvalue weighted by Crippen LogP contribution is 2.33. The van der Waals surface area contributed by atoms with Gasteiger partial charge in [0.1, 0.15) is 5.82 Å². The molecule has 2 amide bonds. The lowest BCUT2D eigenvalue weighted by molar-refractivity contribution is 0.262. The van der Waals surface area contributed by atoms with Gasteiger partial charge < -0.3 is 5.32 Å². The Bertz CT molecular complexity index is 913. The lowest BCUT2D eigenvalue weighted by Crippen LogP contribution is -2.21. The summed E-state index contributed by atoms with van der Waals surface area (Å²) in [6.07, 6.45) is 3.51. The van der Waals surface area contributed by atoms with Gasteiger partial charge in [0.25, 0.3) is 0 Å². The van der Waals surface area contributed by atoms with Crippen molar-refractivity contribution < 1.29 is 4.79 Å². The van der Waals surface area contributed by atoms with Crippen molar-refractivity contribution in [3.05, 3.63) is 71.9 Å². The summed E-state index contributed by atoms with van der Waals surface area (Å²) in [5.41, 5.74) is 3.82. The minimum atomic E-state index is -0.273. The van der Waals surface area contributed by atoms with E-state index in [1.165, 1.54) is 12.8 Å². The number of nitrogens with one attached hydrogen (secondary N) is 2. The van der Waals surface area contributed by atoms with Crippen LogP contribution in [-0.2, 0) is 6.42 Å². The first-order valence-electron chi connectivity index (χ1n) is 8.96. The van der Waals surface area contributed by atoms with Crippen molar-refractivity contribution in [3.8, 4) is 5.69 Å². The van der Waals surface area contributed by atoms with Gasteiger partial charge in [-0.2, -0.15) is 5.10 Å². The Morgan fingerprint density at radius 2 is 1.88 bits per heavy atom. The Morgan fingerprint density at radius 3 is 2.62 bits per heavy atom. The summed E-state index contributed by atoms with van der Waals surface area (Å²) in [7, 11) is 0. The first-order chi connectivity index (χ1) is 12.7. The molecule has 0 unspecified atom stereocenters. The molecule has 0 aliphatic heterocycles. The van der Waals surface area contributed by atoms with Gasteiger partial charge in [-0.05, 0) is 61.9 Å². The zero-order valence-electron chi connectivity index (χ0n) is 14.8. The van der Waals surface area contributed by atoms with E-state index >= 15 is 0 Å². The fourth-order valence-corrected chi connectivity index (χ4v) is 3.00. The van der Waals surface area contributed by atoms with Crippen LogP contribution in [0.15, 0.2) is 60.7 Å². The van der Waals surface area contributed by atoms with Gasteiger partial charge in [-0.25, -0.2) is 9.48 Å². The van der Waals surface area contributed by atoms with Gasteiger partial charge in [0, 0.05) is 11.8 Å². The number of benzene rings is 2. The summed E-state index contributed by atoms with van der Waals surface area (Å²) in [6.45, 7) is 2.00. The number of aryl methyl sites for hydroxylation is 1. The van der Waals surface area contributed by atoms with Crippen LogP contribution >= 0.6 is 0 Å². The number of rotatable bonds is 5. The van der Waals surface area contributed by atoms with Crippen LogP contribution in [0.4, 0.5) is 16.3 Å². The van der Waals surface area contributed by atoms with Crippen LogP contribution in [0, 0.1) is 12.8 Å². The van der Waals surface area contributed by atoms with Crippen molar-refractivity contribution >= 4 is 17.5 Å². The number of hydrogen-bond donors (Lipinski definition) is 2. The van der Waals surface area contributed by atoms with E-state index in [1.54, 1.807) is 4.68 Å². The minimum absolute atomic E-state index is 0.273. The van der Waals surface area contributed by atoms with Crippen LogP contribution in [0.5, 0.6) is 0 Å². The molecule has 0 spiro atoms. The van der Waals surface area contributed by atoms with Gasteiger partial charge in [-0.15, -0.1) is 0 Å². The summed E-state index contributed by atoms with van der Waals surface area (Å²) in [5.74, 6) is 1.42. The molecule has 4 rings (SSSR count). The summed E-state index contributed by atoms with van der Waals surface area (Å²) in [4.78, 5) is 12.5. The minimum Gasteiger partial charge on any atom is -0.308 e. The number of para-hydroxylation sites is 1. The molecular weight excluding hydrogens is 324 g/mol. The number of nitrogens with zero attached hydrogens (tertiary/aromatic N) is 2. The second-order valence-corrected chi connectivity index (χ2v) is 6.86. The normalized spacial score (nSPS) is 13.4. The molecule has 1 aromatic heterocycles. The maximum absolute atomic E-state index is 12.5. The van der Waals surface area contributed by atoms with E-state index in [4.69, 9.17) is 5.10 Å². The zero-order chi connectivity index (χ0) is 17.9. The molecule has 26 heavy (non-hydrogen) atoms. The van der Waals surface area contributed by atoms with Crippen LogP contribution < -0.4 is 10.6 Å². The topological polar surface area (TPSA) is 59.0 Å². The van der Waals surface area contributed by atoms with Crippen LogP contribution in [0.25, 0.3) is 5.69 Å². The van der Waals surface area contributed by atoms with Crippen molar-refractivity contribution in [2.45, 2.75) is 26.2 Å². The lowest BCUT2D eigenvalue weighted by atomic mass is 10.2. The fraction of sp³-hybridized carbons (Fsp3) is 0.238. The van der Waals surface area contributed by atoms with Gasteiger partial charge >= 0.3 is 6.03 Å². The number of aromatic nitrogens is 2. The molecule has 0 radical (unpaired) electrons. The van der Waals surface area contributed by atoms with Gasteiger partial charge in [-0.3, -0.25) is 5.32 Å². The molecular formula is C21H22N4O. The van der Waals surface area contributed by atoms with E-state index in [2.05, 4.69) is 10.6 Å². The van der Waals surface area contributed by atoms with Crippen LogP contribution in [0.2, 0.25) is 0 Å². The van der Waals surface area contributed by atoms with E-state index < -0.39 is 0 Å². The lowest BCUT2D eigenvalue weighted by Gasteiger charge is -2.10. The monoisotopic (exact) mass is 346 g/mol. The molecule has 0 saturated heterocycles. The maximum atomic E-state index is 12.5. The van der Waals surface area contributed by atoms with Gasteiger partial charge in [-0.1, -0.05) is 30.3 Å². The largest absolute Gasteiger partial charge is 0.324 e. The Kier molecular flexibility index (Phi) is 4.44. The van der Waals surface area contributed by atoms with E-state index in [-0.39, 0.29) is 6.03 Å². The molecule has 1 aliphatic carbocycles. The third-order valence-corrected chi connectivity index (χ3v) is 4.47. The van der Waals surface area contributed by atoms with Crippen LogP contribution in [0.1, 0.15) is 24.1 Å². The van der Waals surface area contributed by atoms with E-state index in [0.29, 0.717) is 5.82 Å². The van der Waals surface area contributed by atoms with E-state index in [1.807, 2.05) is 67.6 Å². The molecule has 5 heteroatoms. The number of hydrogen-bond acceptors (Lipinski definition) is 2. The Balaban J connectivity index is 1.55. The Labute approximate surface area is 153 Å².